The monoisotopic (exact) mass is 531 g/mol. The zero-order valence-electron chi connectivity index (χ0n) is 19.6. The molecule has 6 atom stereocenters. The first-order chi connectivity index (χ1) is 16.8. The molecule has 198 valence electrons. The molecule has 1 aromatic heterocycles. The van der Waals surface area contributed by atoms with Crippen LogP contribution >= 0.6 is 7.75 Å². The highest BCUT2D eigenvalue weighted by atomic mass is 31.2. The van der Waals surface area contributed by atoms with Crippen LogP contribution in [0.5, 0.6) is 5.75 Å². The average Bonchev–Trinajstić information content (AvgIpc) is 3.02. The van der Waals surface area contributed by atoms with Gasteiger partial charge in [-0.25, -0.2) is 13.8 Å². The maximum absolute atomic E-state index is 15.6. The number of aliphatic hydroxyl groups is 2. The maximum atomic E-state index is 15.6. The van der Waals surface area contributed by atoms with Crippen LogP contribution in [0.1, 0.15) is 27.0 Å². The number of benzene rings is 1. The predicted molar refractivity (Wildman–Crippen MR) is 122 cm³/mol. The number of alkyl halides is 1. The summed E-state index contributed by atoms with van der Waals surface area (Å²) in [5.74, 6) is -3.90. The van der Waals surface area contributed by atoms with Gasteiger partial charge in [0.1, 0.15) is 30.6 Å². The number of rotatable bonds is 10. The summed E-state index contributed by atoms with van der Waals surface area (Å²) in [4.78, 5) is 37.4. The van der Waals surface area contributed by atoms with Crippen LogP contribution in [0.3, 0.4) is 0 Å². The highest BCUT2D eigenvalue weighted by Gasteiger charge is 2.57. The van der Waals surface area contributed by atoms with E-state index in [4.69, 9.17) is 18.5 Å². The average molecular weight is 531 g/mol. The van der Waals surface area contributed by atoms with Gasteiger partial charge in [0.2, 0.25) is 0 Å². The fourth-order valence-electron chi connectivity index (χ4n) is 3.23. The third kappa shape index (κ3) is 6.46. The minimum Gasteiger partial charge on any atom is -0.462 e. The highest BCUT2D eigenvalue weighted by Crippen LogP contribution is 2.48. The van der Waals surface area contributed by atoms with Crippen LogP contribution in [-0.4, -0.2) is 62.5 Å². The van der Waals surface area contributed by atoms with Gasteiger partial charge in [-0.2, -0.15) is 5.09 Å². The molecule has 0 unspecified atom stereocenters. The van der Waals surface area contributed by atoms with E-state index in [0.717, 1.165) is 12.3 Å². The zero-order chi connectivity index (χ0) is 26.7. The van der Waals surface area contributed by atoms with Crippen LogP contribution < -0.4 is 20.9 Å². The van der Waals surface area contributed by atoms with Gasteiger partial charge >= 0.3 is 19.4 Å². The van der Waals surface area contributed by atoms with E-state index < -0.39 is 68.0 Å². The quantitative estimate of drug-likeness (QED) is 0.249. The molecule has 0 amide bonds. The van der Waals surface area contributed by atoms with Crippen molar-refractivity contribution in [2.45, 2.75) is 57.2 Å². The molecule has 0 bridgehead atoms. The Morgan fingerprint density at radius 2 is 1.92 bits per heavy atom. The number of H-pyrrole nitrogens is 1. The third-order valence-corrected chi connectivity index (χ3v) is 6.58. The Hall–Kier alpha value is -2.87. The number of hydrogen-bond donors (Lipinski definition) is 4. The molecular formula is C21H27FN3O10P. The fraction of sp³-hybridized carbons (Fsp3) is 0.476. The number of esters is 1. The van der Waals surface area contributed by atoms with Crippen molar-refractivity contribution in [2.75, 3.05) is 6.61 Å². The highest BCUT2D eigenvalue weighted by molar-refractivity contribution is 7.52. The minimum absolute atomic E-state index is 0.0521. The van der Waals surface area contributed by atoms with Crippen molar-refractivity contribution in [2.24, 2.45) is 0 Å². The molecule has 1 saturated heterocycles. The standard InChI is InChI=1S/C21H27FN3O10P/c1-12(2)33-19(29)13(3)24-36(31,35-14-7-5-4-6-8-14)32-11-21(22)17(28)16(27)18(34-21)25-10-9-15(26)23-20(25)30/h4-10,12-13,16-18,27-28H,11H2,1-3H3,(H,24,31)(H,23,26,30)/t13-,16+,17-,18+,21+,36+/m0/s1. The number of nitrogens with one attached hydrogen (secondary N) is 2. The van der Waals surface area contributed by atoms with Gasteiger partial charge in [0.05, 0.1) is 6.10 Å². The van der Waals surface area contributed by atoms with Gasteiger partial charge < -0.3 is 24.2 Å². The van der Waals surface area contributed by atoms with Crippen molar-refractivity contribution in [1.29, 1.82) is 0 Å². The molecule has 13 nitrogen and oxygen atoms in total. The molecule has 36 heavy (non-hydrogen) atoms. The second-order valence-corrected chi connectivity index (χ2v) is 9.95. The lowest BCUT2D eigenvalue weighted by atomic mass is 10.1. The summed E-state index contributed by atoms with van der Waals surface area (Å²) < 4.78 is 50.5. The van der Waals surface area contributed by atoms with Crippen LogP contribution in [0.25, 0.3) is 0 Å². The first-order valence-corrected chi connectivity index (χ1v) is 12.4. The van der Waals surface area contributed by atoms with E-state index in [9.17, 15) is 29.2 Å². The van der Waals surface area contributed by atoms with Gasteiger partial charge in [-0.3, -0.25) is 23.7 Å². The van der Waals surface area contributed by atoms with E-state index in [1.54, 1.807) is 32.0 Å². The second kappa shape index (κ2) is 11.0. The number of aromatic amines is 1. The number of carbonyl (C=O) groups is 1. The lowest BCUT2D eigenvalue weighted by Gasteiger charge is -2.27. The molecule has 15 heteroatoms. The number of carbonyl (C=O) groups excluding carboxylic acids is 1. The molecule has 0 spiro atoms. The summed E-state index contributed by atoms with van der Waals surface area (Å²) >= 11 is 0. The van der Waals surface area contributed by atoms with Gasteiger partial charge in [0.25, 0.3) is 11.4 Å². The van der Waals surface area contributed by atoms with Gasteiger partial charge in [-0.05, 0) is 32.9 Å². The van der Waals surface area contributed by atoms with Crippen molar-refractivity contribution >= 4 is 13.7 Å². The van der Waals surface area contributed by atoms with Gasteiger partial charge in [0.15, 0.2) is 6.23 Å². The molecule has 0 radical (unpaired) electrons. The molecule has 2 heterocycles. The molecule has 0 saturated carbocycles. The Bertz CT molecular complexity index is 1220. The van der Waals surface area contributed by atoms with Crippen LogP contribution in [0.15, 0.2) is 52.2 Å². The van der Waals surface area contributed by atoms with Crippen LogP contribution in [-0.2, 0) is 23.4 Å². The molecule has 3 rings (SSSR count). The van der Waals surface area contributed by atoms with E-state index in [-0.39, 0.29) is 5.75 Å². The number of aromatic nitrogens is 2. The molecule has 4 N–H and O–H groups in total. The summed E-state index contributed by atoms with van der Waals surface area (Å²) in [7, 11) is -4.52. The predicted octanol–water partition coefficient (Wildman–Crippen LogP) is 0.586. The van der Waals surface area contributed by atoms with Crippen molar-refractivity contribution < 1.29 is 42.5 Å². The molecule has 1 fully saturated rings. The molecule has 1 aliphatic heterocycles. The molecule has 1 aliphatic rings. The van der Waals surface area contributed by atoms with Gasteiger partial charge in [-0.15, -0.1) is 0 Å². The summed E-state index contributed by atoms with van der Waals surface area (Å²) in [6.07, 6.45) is -5.50. The largest absolute Gasteiger partial charge is 0.462 e. The summed E-state index contributed by atoms with van der Waals surface area (Å²) in [6.45, 7) is 3.30. The molecule has 2 aromatic rings. The Kier molecular flexibility index (Phi) is 8.49. The summed E-state index contributed by atoms with van der Waals surface area (Å²) in [5, 5.41) is 23.0. The van der Waals surface area contributed by atoms with Crippen molar-refractivity contribution in [3.05, 3.63) is 63.4 Å². The zero-order valence-corrected chi connectivity index (χ0v) is 20.5. The van der Waals surface area contributed by atoms with E-state index in [1.165, 1.54) is 19.1 Å². The van der Waals surface area contributed by atoms with E-state index in [1.807, 2.05) is 4.98 Å². The number of para-hydroxylation sites is 1. The Labute approximate surface area is 204 Å². The number of nitrogens with zero attached hydrogens (tertiary/aromatic N) is 1. The van der Waals surface area contributed by atoms with Crippen LogP contribution in [0, 0.1) is 0 Å². The number of hydrogen-bond acceptors (Lipinski definition) is 10. The van der Waals surface area contributed by atoms with Crippen molar-refractivity contribution in [3.63, 3.8) is 0 Å². The van der Waals surface area contributed by atoms with Crippen LogP contribution in [0.4, 0.5) is 4.39 Å². The normalized spacial score (nSPS) is 26.4. The molecule has 1 aromatic carbocycles. The smallest absolute Gasteiger partial charge is 0.459 e. The first-order valence-electron chi connectivity index (χ1n) is 10.9. The lowest BCUT2D eigenvalue weighted by molar-refractivity contribution is -0.204. The van der Waals surface area contributed by atoms with Crippen LogP contribution in [0.2, 0.25) is 0 Å². The number of halogens is 1. The third-order valence-electron chi connectivity index (χ3n) is 4.96. The fourth-order valence-corrected chi connectivity index (χ4v) is 4.73. The van der Waals surface area contributed by atoms with Crippen molar-refractivity contribution in [1.82, 2.24) is 14.6 Å². The Balaban J connectivity index is 1.81. The first kappa shape index (κ1) is 27.7. The second-order valence-electron chi connectivity index (χ2n) is 8.26. The van der Waals surface area contributed by atoms with E-state index in [2.05, 4.69) is 5.09 Å². The SMILES string of the molecule is CC(C)OC(=O)[C@H](C)N[P@@](=O)(OC[C@@]1(F)O[C@@H](n2ccc(=O)[nH]c2=O)[C@H](O)[C@@H]1O)Oc1ccccc1. The Morgan fingerprint density at radius 3 is 2.53 bits per heavy atom. The minimum atomic E-state index is -4.52. The maximum Gasteiger partial charge on any atom is 0.459 e. The topological polar surface area (TPSA) is 178 Å². The van der Waals surface area contributed by atoms with E-state index >= 15 is 4.39 Å². The number of aliphatic hydroxyl groups excluding tert-OH is 2. The lowest BCUT2D eigenvalue weighted by Crippen LogP contribution is -2.44. The van der Waals surface area contributed by atoms with Gasteiger partial charge in [0, 0.05) is 12.3 Å². The van der Waals surface area contributed by atoms with Crippen molar-refractivity contribution in [3.8, 4) is 5.75 Å². The number of ether oxygens (including phenoxy) is 2. The molecular weight excluding hydrogens is 504 g/mol. The Morgan fingerprint density at radius 1 is 1.25 bits per heavy atom. The van der Waals surface area contributed by atoms with Gasteiger partial charge in [-0.1, -0.05) is 18.2 Å². The van der Waals surface area contributed by atoms with E-state index in [0.29, 0.717) is 4.57 Å². The summed E-state index contributed by atoms with van der Waals surface area (Å²) in [5.41, 5.74) is -1.77. The molecule has 0 aliphatic carbocycles. The summed E-state index contributed by atoms with van der Waals surface area (Å²) in [6, 6.07) is 7.38.